The zero-order valence-electron chi connectivity index (χ0n) is 16.2. The maximum absolute atomic E-state index is 12.7. The largest absolute Gasteiger partial charge is 0.339 e. The van der Waals surface area contributed by atoms with Crippen molar-refractivity contribution in [3.05, 3.63) is 71.8 Å². The highest BCUT2D eigenvalue weighted by atomic mass is 35.5. The summed E-state index contributed by atoms with van der Waals surface area (Å²) in [6.07, 6.45) is 1.04. The van der Waals surface area contributed by atoms with Crippen molar-refractivity contribution in [2.75, 3.05) is 39.8 Å². The molecule has 0 radical (unpaired) electrons. The first-order chi connectivity index (χ1) is 12.7. The quantitative estimate of drug-likeness (QED) is 0.804. The molecule has 2 unspecified atom stereocenters. The summed E-state index contributed by atoms with van der Waals surface area (Å²) in [6, 6.07) is 21.2. The second-order valence-electron chi connectivity index (χ2n) is 7.54. The van der Waals surface area contributed by atoms with E-state index in [2.05, 4.69) is 71.9 Å². The average Bonchev–Trinajstić information content (AvgIpc) is 3.44. The summed E-state index contributed by atoms with van der Waals surface area (Å²) in [6.45, 7) is 3.99. The van der Waals surface area contributed by atoms with Crippen LogP contribution in [-0.4, -0.2) is 55.5 Å². The Morgan fingerprint density at radius 2 is 1.54 bits per heavy atom. The van der Waals surface area contributed by atoms with Gasteiger partial charge in [-0.3, -0.25) is 10.1 Å². The highest BCUT2D eigenvalue weighted by molar-refractivity contribution is 5.85. The summed E-state index contributed by atoms with van der Waals surface area (Å²) in [5.74, 6) is 0.638. The second kappa shape index (κ2) is 9.75. The van der Waals surface area contributed by atoms with Crippen molar-refractivity contribution in [1.29, 1.82) is 0 Å². The van der Waals surface area contributed by atoms with E-state index in [9.17, 15) is 4.79 Å². The number of likely N-dealkylation sites (N-methyl/N-ethyl adjacent to an activating group) is 1. The molecule has 2 fully saturated rings. The van der Waals surface area contributed by atoms with Gasteiger partial charge in [-0.1, -0.05) is 60.7 Å². The number of hydrogen-bond acceptors (Lipinski definition) is 3. The lowest BCUT2D eigenvalue weighted by Crippen LogP contribution is -2.50. The second-order valence-corrected chi connectivity index (χ2v) is 7.54. The van der Waals surface area contributed by atoms with Gasteiger partial charge in [0, 0.05) is 32.1 Å². The highest BCUT2D eigenvalue weighted by Gasteiger charge is 2.55. The van der Waals surface area contributed by atoms with Crippen LogP contribution in [0, 0.1) is 0 Å². The molecule has 1 saturated carbocycles. The van der Waals surface area contributed by atoms with Crippen molar-refractivity contribution in [1.82, 2.24) is 15.1 Å². The third-order valence-electron chi connectivity index (χ3n) is 5.86. The third kappa shape index (κ3) is 4.69. The maximum atomic E-state index is 12.7. The van der Waals surface area contributed by atoms with Crippen LogP contribution in [0.3, 0.4) is 0 Å². The number of piperazine rings is 1. The Morgan fingerprint density at radius 1 is 0.964 bits per heavy atom. The number of carbonyl (C=O) groups excluding carboxylic acids is 1. The van der Waals surface area contributed by atoms with Gasteiger partial charge in [-0.25, -0.2) is 0 Å². The van der Waals surface area contributed by atoms with E-state index in [-0.39, 0.29) is 36.3 Å². The van der Waals surface area contributed by atoms with Crippen LogP contribution in [0.5, 0.6) is 0 Å². The molecule has 1 aliphatic carbocycles. The summed E-state index contributed by atoms with van der Waals surface area (Å²) in [4.78, 5) is 17.0. The van der Waals surface area contributed by atoms with Crippen molar-refractivity contribution in [3.63, 3.8) is 0 Å². The van der Waals surface area contributed by atoms with Gasteiger partial charge in [-0.2, -0.15) is 0 Å². The van der Waals surface area contributed by atoms with E-state index in [1.54, 1.807) is 0 Å². The minimum absolute atomic E-state index is 0. The topological polar surface area (TPSA) is 35.6 Å². The summed E-state index contributed by atoms with van der Waals surface area (Å²) >= 11 is 0. The minimum atomic E-state index is -0.120. The molecule has 2 atom stereocenters. The highest BCUT2D eigenvalue weighted by Crippen LogP contribution is 2.58. The summed E-state index contributed by atoms with van der Waals surface area (Å²) in [5, 5.41) is 3.64. The van der Waals surface area contributed by atoms with Crippen LogP contribution in [0.2, 0.25) is 0 Å². The van der Waals surface area contributed by atoms with Crippen LogP contribution >= 0.6 is 24.8 Å². The fourth-order valence-corrected chi connectivity index (χ4v) is 4.10. The lowest BCUT2D eigenvalue weighted by Gasteiger charge is -2.33. The monoisotopic (exact) mass is 421 g/mol. The number of amides is 1. The molecule has 2 aromatic rings. The number of rotatable bonds is 5. The molecular weight excluding hydrogens is 393 g/mol. The Balaban J connectivity index is 0.00000140. The molecule has 0 spiro atoms. The molecule has 2 aliphatic rings. The Labute approximate surface area is 180 Å². The Kier molecular flexibility index (Phi) is 7.90. The fourth-order valence-electron chi connectivity index (χ4n) is 4.10. The molecule has 1 heterocycles. The van der Waals surface area contributed by atoms with Crippen LogP contribution < -0.4 is 5.32 Å². The van der Waals surface area contributed by atoms with Crippen LogP contribution in [0.4, 0.5) is 0 Å². The van der Waals surface area contributed by atoms with Crippen molar-refractivity contribution in [2.24, 2.45) is 0 Å². The molecule has 4 nitrogen and oxygen atoms in total. The van der Waals surface area contributed by atoms with Gasteiger partial charge in [0.15, 0.2) is 0 Å². The lowest BCUT2D eigenvalue weighted by atomic mass is 9.98. The predicted octanol–water partition coefficient (Wildman–Crippen LogP) is 3.28. The van der Waals surface area contributed by atoms with Gasteiger partial charge in [0.1, 0.15) is 0 Å². The molecule has 2 aromatic carbocycles. The summed E-state index contributed by atoms with van der Waals surface area (Å²) < 4.78 is 0. The van der Waals surface area contributed by atoms with Gasteiger partial charge < -0.3 is 9.80 Å². The predicted molar refractivity (Wildman–Crippen MR) is 118 cm³/mol. The van der Waals surface area contributed by atoms with E-state index in [0.29, 0.717) is 12.5 Å². The number of halogens is 2. The zero-order valence-corrected chi connectivity index (χ0v) is 17.8. The van der Waals surface area contributed by atoms with E-state index in [4.69, 9.17) is 0 Å². The SMILES string of the molecule is CN1CCN(C(=O)CNC2(c3ccccc3)CC2c2ccccc2)CC1.Cl.Cl. The van der Waals surface area contributed by atoms with E-state index in [1.165, 1.54) is 11.1 Å². The number of benzene rings is 2. The van der Waals surface area contributed by atoms with Gasteiger partial charge in [-0.15, -0.1) is 24.8 Å². The average molecular weight is 422 g/mol. The normalized spacial score (nSPS) is 24.0. The summed E-state index contributed by atoms with van der Waals surface area (Å²) in [5.41, 5.74) is 2.50. The fraction of sp³-hybridized carbons (Fsp3) is 0.409. The molecule has 6 heteroatoms. The number of nitrogens with zero attached hydrogens (tertiary/aromatic N) is 2. The molecule has 152 valence electrons. The number of hydrogen-bond donors (Lipinski definition) is 1. The Hall–Kier alpha value is -1.59. The zero-order chi connectivity index (χ0) is 18.0. The van der Waals surface area contributed by atoms with E-state index >= 15 is 0 Å². The lowest BCUT2D eigenvalue weighted by molar-refractivity contribution is -0.132. The first kappa shape index (κ1) is 22.7. The number of nitrogens with one attached hydrogen (secondary N) is 1. The molecule has 1 amide bonds. The molecular formula is C22H29Cl2N3O. The third-order valence-corrected chi connectivity index (χ3v) is 5.86. The maximum Gasteiger partial charge on any atom is 0.236 e. The number of carbonyl (C=O) groups is 1. The Morgan fingerprint density at radius 3 is 2.14 bits per heavy atom. The van der Waals surface area contributed by atoms with Gasteiger partial charge >= 0.3 is 0 Å². The van der Waals surface area contributed by atoms with Crippen LogP contribution in [0.25, 0.3) is 0 Å². The van der Waals surface area contributed by atoms with E-state index in [1.807, 2.05) is 11.0 Å². The molecule has 4 rings (SSSR count). The van der Waals surface area contributed by atoms with Gasteiger partial charge in [0.05, 0.1) is 12.1 Å². The van der Waals surface area contributed by atoms with Gasteiger partial charge in [-0.05, 0) is 24.6 Å². The van der Waals surface area contributed by atoms with Crippen molar-refractivity contribution >= 4 is 30.7 Å². The molecule has 1 saturated heterocycles. The van der Waals surface area contributed by atoms with Gasteiger partial charge in [0.25, 0.3) is 0 Å². The van der Waals surface area contributed by atoms with Crippen LogP contribution in [0.1, 0.15) is 23.5 Å². The summed E-state index contributed by atoms with van der Waals surface area (Å²) in [7, 11) is 2.11. The molecule has 1 N–H and O–H groups in total. The van der Waals surface area contributed by atoms with Crippen molar-refractivity contribution in [3.8, 4) is 0 Å². The minimum Gasteiger partial charge on any atom is -0.339 e. The molecule has 28 heavy (non-hydrogen) atoms. The standard InChI is InChI=1S/C22H27N3O.2ClH/c1-24-12-14-25(15-13-24)21(26)17-23-22(19-10-6-3-7-11-19)16-20(22)18-8-4-2-5-9-18;;/h2-11,20,23H,12-17H2,1H3;2*1H. The van der Waals surface area contributed by atoms with Crippen LogP contribution in [-0.2, 0) is 10.3 Å². The van der Waals surface area contributed by atoms with E-state index in [0.717, 1.165) is 32.6 Å². The first-order valence-electron chi connectivity index (χ1n) is 9.51. The molecule has 1 aliphatic heterocycles. The van der Waals surface area contributed by atoms with E-state index < -0.39 is 0 Å². The first-order valence-corrected chi connectivity index (χ1v) is 9.51. The molecule has 0 bridgehead atoms. The molecule has 0 aromatic heterocycles. The van der Waals surface area contributed by atoms with Crippen LogP contribution in [0.15, 0.2) is 60.7 Å². The van der Waals surface area contributed by atoms with Crippen molar-refractivity contribution < 1.29 is 4.79 Å². The smallest absolute Gasteiger partial charge is 0.236 e. The Bertz CT molecular complexity index is 751. The van der Waals surface area contributed by atoms with Gasteiger partial charge in [0.2, 0.25) is 5.91 Å². The van der Waals surface area contributed by atoms with Crippen molar-refractivity contribution in [2.45, 2.75) is 17.9 Å².